The average molecular weight is 330 g/mol. The Labute approximate surface area is 146 Å². The number of aliphatic imine (C=N–C) groups is 1. The van der Waals surface area contributed by atoms with Crippen molar-refractivity contribution in [2.24, 2.45) is 15.2 Å². The number of pyridine rings is 1. The summed E-state index contributed by atoms with van der Waals surface area (Å²) >= 11 is 0. The number of rotatable bonds is 5. The number of phenols is 1. The normalized spacial score (nSPS) is 11.4. The minimum atomic E-state index is 0.130. The summed E-state index contributed by atoms with van der Waals surface area (Å²) in [6.45, 7) is 2.11. The average Bonchev–Trinajstić information content (AvgIpc) is 2.67. The molecule has 1 N–H and O–H groups in total. The van der Waals surface area contributed by atoms with Gasteiger partial charge in [-0.25, -0.2) is 9.98 Å². The van der Waals surface area contributed by atoms with Gasteiger partial charge in [0.05, 0.1) is 11.4 Å². The van der Waals surface area contributed by atoms with Crippen LogP contribution in [-0.2, 0) is 6.42 Å². The van der Waals surface area contributed by atoms with Gasteiger partial charge in [0.1, 0.15) is 5.75 Å². The number of azo groups is 1. The molecule has 3 aromatic rings. The fourth-order valence-electron chi connectivity index (χ4n) is 2.19. The highest BCUT2D eigenvalue weighted by atomic mass is 16.3. The molecule has 0 aliphatic rings. The summed E-state index contributed by atoms with van der Waals surface area (Å²) in [6.07, 6.45) is 4.22. The maximum absolute atomic E-state index is 9.97. The fourth-order valence-corrected chi connectivity index (χ4v) is 2.19. The van der Waals surface area contributed by atoms with E-state index in [1.165, 1.54) is 5.56 Å². The molecule has 0 amide bonds. The van der Waals surface area contributed by atoms with E-state index in [-0.39, 0.29) is 5.75 Å². The number of hydrogen-bond acceptors (Lipinski definition) is 5. The lowest BCUT2D eigenvalue weighted by Crippen LogP contribution is -1.82. The molecular weight excluding hydrogens is 312 g/mol. The van der Waals surface area contributed by atoms with E-state index in [9.17, 15) is 5.11 Å². The topological polar surface area (TPSA) is 70.2 Å². The third kappa shape index (κ3) is 4.57. The Morgan fingerprint density at radius 2 is 1.72 bits per heavy atom. The molecule has 124 valence electrons. The van der Waals surface area contributed by atoms with Gasteiger partial charge in [-0.1, -0.05) is 25.1 Å². The first-order valence-corrected chi connectivity index (χ1v) is 8.03. The van der Waals surface area contributed by atoms with Crippen LogP contribution in [0.3, 0.4) is 0 Å². The van der Waals surface area contributed by atoms with Gasteiger partial charge in [-0.2, -0.15) is 10.2 Å². The summed E-state index contributed by atoms with van der Waals surface area (Å²) in [7, 11) is 0. The van der Waals surface area contributed by atoms with Crippen molar-refractivity contribution < 1.29 is 5.11 Å². The molecule has 0 aliphatic carbocycles. The molecule has 25 heavy (non-hydrogen) atoms. The Balaban J connectivity index is 1.78. The monoisotopic (exact) mass is 330 g/mol. The second kappa shape index (κ2) is 7.97. The molecule has 0 aliphatic heterocycles. The molecule has 3 rings (SSSR count). The number of benzene rings is 2. The smallest absolute Gasteiger partial charge is 0.151 e. The Hall–Kier alpha value is -3.34. The van der Waals surface area contributed by atoms with Crippen LogP contribution in [0.4, 0.5) is 17.2 Å². The third-order valence-corrected chi connectivity index (χ3v) is 3.62. The quantitative estimate of drug-likeness (QED) is 0.494. The van der Waals surface area contributed by atoms with Crippen molar-refractivity contribution in [1.82, 2.24) is 4.98 Å². The van der Waals surface area contributed by atoms with Gasteiger partial charge < -0.3 is 5.11 Å². The first-order chi connectivity index (χ1) is 12.2. The zero-order chi connectivity index (χ0) is 17.5. The summed E-state index contributed by atoms with van der Waals surface area (Å²) in [4.78, 5) is 8.36. The van der Waals surface area contributed by atoms with Gasteiger partial charge in [0.2, 0.25) is 0 Å². The van der Waals surface area contributed by atoms with Gasteiger partial charge in [-0.3, -0.25) is 0 Å². The highest BCUT2D eigenvalue weighted by Gasteiger charge is 2.01. The first kappa shape index (κ1) is 16.5. The SMILES string of the molecule is CCc1ccc(N=Nc2ccc(O)c(/C=N/c3ccccn3)c2)cc1. The summed E-state index contributed by atoms with van der Waals surface area (Å²) < 4.78 is 0. The van der Waals surface area contributed by atoms with Gasteiger partial charge >= 0.3 is 0 Å². The Kier molecular flexibility index (Phi) is 5.26. The molecule has 1 heterocycles. The molecular formula is C20H18N4O. The number of nitrogens with zero attached hydrogens (tertiary/aromatic N) is 4. The second-order valence-corrected chi connectivity index (χ2v) is 5.41. The third-order valence-electron chi connectivity index (χ3n) is 3.62. The molecule has 0 spiro atoms. The Bertz CT molecular complexity index is 887. The van der Waals surface area contributed by atoms with Crippen LogP contribution in [0.1, 0.15) is 18.1 Å². The second-order valence-electron chi connectivity index (χ2n) is 5.41. The van der Waals surface area contributed by atoms with E-state index in [1.54, 1.807) is 36.7 Å². The minimum Gasteiger partial charge on any atom is -0.507 e. The molecule has 0 fully saturated rings. The van der Waals surface area contributed by atoms with Crippen molar-refractivity contribution in [2.75, 3.05) is 0 Å². The van der Waals surface area contributed by atoms with Crippen molar-refractivity contribution in [3.8, 4) is 5.75 Å². The standard InChI is InChI=1S/C20H18N4O/c1-2-15-6-8-17(9-7-15)23-24-18-10-11-19(25)16(13-18)14-22-20-5-3-4-12-21-20/h3-14,25H,2H2,1H3/b22-14+,24-23?. The number of phenolic OH excluding ortho intramolecular Hbond substituents is 1. The molecule has 0 unspecified atom stereocenters. The van der Waals surface area contributed by atoms with E-state index < -0.39 is 0 Å². The van der Waals surface area contributed by atoms with Crippen LogP contribution in [0.15, 0.2) is 82.1 Å². The van der Waals surface area contributed by atoms with Crippen LogP contribution >= 0.6 is 0 Å². The van der Waals surface area contributed by atoms with E-state index in [4.69, 9.17) is 0 Å². The summed E-state index contributed by atoms with van der Waals surface area (Å²) in [5.41, 5.74) is 3.24. The van der Waals surface area contributed by atoms with Crippen LogP contribution < -0.4 is 0 Å². The lowest BCUT2D eigenvalue weighted by Gasteiger charge is -2.00. The molecule has 0 atom stereocenters. The highest BCUT2D eigenvalue weighted by molar-refractivity contribution is 5.86. The summed E-state index contributed by atoms with van der Waals surface area (Å²) in [5, 5.41) is 18.4. The van der Waals surface area contributed by atoms with Gasteiger partial charge in [0, 0.05) is 18.0 Å². The van der Waals surface area contributed by atoms with Crippen LogP contribution in [0, 0.1) is 0 Å². The summed E-state index contributed by atoms with van der Waals surface area (Å²) in [6, 6.07) is 18.4. The van der Waals surface area contributed by atoms with Crippen LogP contribution in [-0.4, -0.2) is 16.3 Å². The predicted octanol–water partition coefficient (Wildman–Crippen LogP) is 5.52. The lowest BCUT2D eigenvalue weighted by molar-refractivity contribution is 0.474. The Morgan fingerprint density at radius 1 is 0.960 bits per heavy atom. The maximum atomic E-state index is 9.97. The van der Waals surface area contributed by atoms with Gasteiger partial charge in [-0.05, 0) is 54.4 Å². The van der Waals surface area contributed by atoms with E-state index in [0.29, 0.717) is 17.1 Å². The summed E-state index contributed by atoms with van der Waals surface area (Å²) in [5.74, 6) is 0.705. The largest absolute Gasteiger partial charge is 0.507 e. The molecule has 1 aromatic heterocycles. The minimum absolute atomic E-state index is 0.130. The predicted molar refractivity (Wildman–Crippen MR) is 99.6 cm³/mol. The van der Waals surface area contributed by atoms with Crippen molar-refractivity contribution in [2.45, 2.75) is 13.3 Å². The van der Waals surface area contributed by atoms with E-state index in [1.807, 2.05) is 36.4 Å². The maximum Gasteiger partial charge on any atom is 0.151 e. The molecule has 2 aromatic carbocycles. The first-order valence-electron chi connectivity index (χ1n) is 8.03. The molecule has 0 saturated carbocycles. The zero-order valence-corrected chi connectivity index (χ0v) is 13.9. The number of aryl methyl sites for hydroxylation is 1. The molecule has 5 heteroatoms. The van der Waals surface area contributed by atoms with E-state index in [2.05, 4.69) is 27.1 Å². The van der Waals surface area contributed by atoms with Gasteiger partial charge in [0.15, 0.2) is 5.82 Å². The molecule has 0 bridgehead atoms. The van der Waals surface area contributed by atoms with Gasteiger partial charge in [-0.15, -0.1) is 0 Å². The van der Waals surface area contributed by atoms with Crippen molar-refractivity contribution in [3.05, 3.63) is 78.0 Å². The highest BCUT2D eigenvalue weighted by Crippen LogP contribution is 2.24. The zero-order valence-electron chi connectivity index (χ0n) is 13.9. The number of aromatic nitrogens is 1. The van der Waals surface area contributed by atoms with Crippen molar-refractivity contribution in [3.63, 3.8) is 0 Å². The lowest BCUT2D eigenvalue weighted by atomic mass is 10.2. The van der Waals surface area contributed by atoms with Crippen molar-refractivity contribution in [1.29, 1.82) is 0 Å². The van der Waals surface area contributed by atoms with Crippen LogP contribution in [0.25, 0.3) is 0 Å². The number of aromatic hydroxyl groups is 1. The molecule has 0 radical (unpaired) electrons. The van der Waals surface area contributed by atoms with E-state index in [0.717, 1.165) is 12.1 Å². The Morgan fingerprint density at radius 3 is 2.44 bits per heavy atom. The van der Waals surface area contributed by atoms with Gasteiger partial charge in [0.25, 0.3) is 0 Å². The van der Waals surface area contributed by atoms with E-state index >= 15 is 0 Å². The van der Waals surface area contributed by atoms with Crippen LogP contribution in [0.2, 0.25) is 0 Å². The fraction of sp³-hybridized carbons (Fsp3) is 0.100. The van der Waals surface area contributed by atoms with Crippen LogP contribution in [0.5, 0.6) is 5.75 Å². The molecule has 5 nitrogen and oxygen atoms in total. The molecule has 0 saturated heterocycles. The number of hydrogen-bond donors (Lipinski definition) is 1. The van der Waals surface area contributed by atoms with Crippen molar-refractivity contribution >= 4 is 23.4 Å².